The highest BCUT2D eigenvalue weighted by Crippen LogP contribution is 2.25. The first-order valence-corrected chi connectivity index (χ1v) is 12.8. The van der Waals surface area contributed by atoms with Crippen molar-refractivity contribution in [2.24, 2.45) is 0 Å². The molecule has 0 spiro atoms. The summed E-state index contributed by atoms with van der Waals surface area (Å²) >= 11 is 5.32. The van der Waals surface area contributed by atoms with Gasteiger partial charge < -0.3 is 14.3 Å². The van der Waals surface area contributed by atoms with Gasteiger partial charge in [0.1, 0.15) is 11.5 Å². The monoisotopic (exact) mass is 533 g/mol. The van der Waals surface area contributed by atoms with Crippen molar-refractivity contribution in [2.45, 2.75) is 11.8 Å². The lowest BCUT2D eigenvalue weighted by molar-refractivity contribution is 0.0979. The zero-order valence-electron chi connectivity index (χ0n) is 19.3. The van der Waals surface area contributed by atoms with E-state index < -0.39 is 15.9 Å². The number of carbonyl (C=O) groups excluding carboxylic acids is 1. The van der Waals surface area contributed by atoms with Crippen LogP contribution in [0.3, 0.4) is 0 Å². The number of nitrogens with one attached hydrogen (secondary N) is 3. The first kappa shape index (κ1) is 24.2. The largest absolute Gasteiger partial charge is 0.463 e. The standard InChI is InChI=1S/C25H19N5O5S2/c1-15-13-23(29-35-15)30-37(32,33)17-10-8-16(9-11-17)26-25(36)28-24(31)19-14-21(22-7-4-12-34-22)27-20-6-3-2-5-18(19)20/h2-14H,1H3,(H,29,30)(H2,26,28,31,36). The number of aromatic nitrogens is 2. The Morgan fingerprint density at radius 3 is 2.49 bits per heavy atom. The van der Waals surface area contributed by atoms with E-state index in [0.29, 0.717) is 39.4 Å². The number of anilines is 2. The van der Waals surface area contributed by atoms with Crippen LogP contribution < -0.4 is 15.4 Å². The molecular formula is C25H19N5O5S2. The van der Waals surface area contributed by atoms with Crippen LogP contribution in [0.25, 0.3) is 22.4 Å². The summed E-state index contributed by atoms with van der Waals surface area (Å²) in [6.45, 7) is 1.65. The summed E-state index contributed by atoms with van der Waals surface area (Å²) in [6, 6.07) is 19.7. The van der Waals surface area contributed by atoms with Crippen LogP contribution in [-0.2, 0) is 10.0 Å². The molecule has 0 saturated heterocycles. The van der Waals surface area contributed by atoms with Crippen LogP contribution in [0.5, 0.6) is 0 Å². The molecule has 5 rings (SSSR count). The molecule has 3 heterocycles. The second kappa shape index (κ2) is 9.84. The molecule has 186 valence electrons. The average molecular weight is 534 g/mol. The zero-order chi connectivity index (χ0) is 26.0. The first-order chi connectivity index (χ1) is 17.8. The van der Waals surface area contributed by atoms with Crippen LogP contribution in [0.15, 0.2) is 92.9 Å². The fourth-order valence-electron chi connectivity index (χ4n) is 3.58. The van der Waals surface area contributed by atoms with Gasteiger partial charge in [0, 0.05) is 17.1 Å². The number of rotatable bonds is 6. The Hall–Kier alpha value is -4.55. The molecule has 1 amide bonds. The number of aryl methyl sites for hydroxylation is 1. The maximum Gasteiger partial charge on any atom is 0.263 e. The number of hydrogen-bond acceptors (Lipinski definition) is 8. The Morgan fingerprint density at radius 2 is 1.78 bits per heavy atom. The molecule has 3 aromatic heterocycles. The second-order valence-corrected chi connectivity index (χ2v) is 10.0. The second-order valence-electron chi connectivity index (χ2n) is 7.91. The summed E-state index contributed by atoms with van der Waals surface area (Å²) in [6.07, 6.45) is 1.53. The Morgan fingerprint density at radius 1 is 1.00 bits per heavy atom. The summed E-state index contributed by atoms with van der Waals surface area (Å²) in [4.78, 5) is 17.7. The number of sulfonamides is 1. The Labute approximate surface area is 216 Å². The van der Waals surface area contributed by atoms with E-state index >= 15 is 0 Å². The van der Waals surface area contributed by atoms with E-state index in [1.165, 1.54) is 36.6 Å². The van der Waals surface area contributed by atoms with Crippen LogP contribution in [0.2, 0.25) is 0 Å². The molecule has 0 fully saturated rings. The summed E-state index contributed by atoms with van der Waals surface area (Å²) < 4.78 is 37.8. The van der Waals surface area contributed by atoms with Crippen molar-refractivity contribution in [3.05, 3.63) is 90.4 Å². The van der Waals surface area contributed by atoms with Gasteiger partial charge in [-0.3, -0.25) is 14.8 Å². The smallest absolute Gasteiger partial charge is 0.263 e. The SMILES string of the molecule is Cc1cc(NS(=O)(=O)c2ccc(NC(=S)NC(=O)c3cc(-c4ccco4)nc4ccccc34)cc2)no1. The van der Waals surface area contributed by atoms with Gasteiger partial charge in [-0.25, -0.2) is 13.4 Å². The lowest BCUT2D eigenvalue weighted by atomic mass is 10.1. The fourth-order valence-corrected chi connectivity index (χ4v) is 4.77. The van der Waals surface area contributed by atoms with E-state index in [-0.39, 0.29) is 15.8 Å². The lowest BCUT2D eigenvalue weighted by Gasteiger charge is -2.12. The van der Waals surface area contributed by atoms with Crippen molar-refractivity contribution in [1.29, 1.82) is 0 Å². The minimum Gasteiger partial charge on any atom is -0.463 e. The molecule has 12 heteroatoms. The molecule has 0 unspecified atom stereocenters. The van der Waals surface area contributed by atoms with Crippen molar-refractivity contribution in [3.63, 3.8) is 0 Å². The zero-order valence-corrected chi connectivity index (χ0v) is 20.9. The highest BCUT2D eigenvalue weighted by atomic mass is 32.2. The lowest BCUT2D eigenvalue weighted by Crippen LogP contribution is -2.34. The quantitative estimate of drug-likeness (QED) is 0.265. The Bertz CT molecular complexity index is 1710. The molecule has 10 nitrogen and oxygen atoms in total. The molecule has 0 bridgehead atoms. The van der Waals surface area contributed by atoms with Crippen molar-refractivity contribution >= 4 is 55.7 Å². The highest BCUT2D eigenvalue weighted by Gasteiger charge is 2.18. The van der Waals surface area contributed by atoms with Crippen LogP contribution in [0.4, 0.5) is 11.5 Å². The highest BCUT2D eigenvalue weighted by molar-refractivity contribution is 7.92. The number of hydrogen-bond donors (Lipinski definition) is 3. The van der Waals surface area contributed by atoms with Crippen LogP contribution in [0, 0.1) is 6.92 Å². The number of pyridine rings is 1. The molecular weight excluding hydrogens is 514 g/mol. The molecule has 0 aliphatic carbocycles. The van der Waals surface area contributed by atoms with E-state index in [4.69, 9.17) is 21.2 Å². The normalized spacial score (nSPS) is 11.3. The van der Waals surface area contributed by atoms with E-state index in [1.807, 2.05) is 18.2 Å². The summed E-state index contributed by atoms with van der Waals surface area (Å²) in [7, 11) is -3.86. The van der Waals surface area contributed by atoms with Gasteiger partial charge in [0.25, 0.3) is 15.9 Å². The van der Waals surface area contributed by atoms with E-state index in [0.717, 1.165) is 0 Å². The first-order valence-electron chi connectivity index (χ1n) is 10.9. The number of thiocarbonyl (C=S) groups is 1. The number of furan rings is 1. The third-order valence-electron chi connectivity index (χ3n) is 5.25. The molecule has 0 atom stereocenters. The number of benzene rings is 2. The number of fused-ring (bicyclic) bond motifs is 1. The molecule has 2 aromatic carbocycles. The summed E-state index contributed by atoms with van der Waals surface area (Å²) in [5.74, 6) is 0.658. The topological polar surface area (TPSA) is 139 Å². The maximum absolute atomic E-state index is 13.1. The minimum atomic E-state index is -3.86. The van der Waals surface area contributed by atoms with Crippen molar-refractivity contribution in [2.75, 3.05) is 10.0 Å². The van der Waals surface area contributed by atoms with Gasteiger partial charge in [0.2, 0.25) is 0 Å². The summed E-state index contributed by atoms with van der Waals surface area (Å²) in [5.41, 5.74) is 2.00. The van der Waals surface area contributed by atoms with Gasteiger partial charge in [0.05, 0.1) is 22.2 Å². The molecule has 37 heavy (non-hydrogen) atoms. The molecule has 0 aliphatic heterocycles. The molecule has 0 radical (unpaired) electrons. The van der Waals surface area contributed by atoms with E-state index in [1.54, 1.807) is 31.2 Å². The summed E-state index contributed by atoms with van der Waals surface area (Å²) in [5, 5.41) is 9.87. The predicted molar refractivity (Wildman–Crippen MR) is 142 cm³/mol. The van der Waals surface area contributed by atoms with Gasteiger partial charge in [0.15, 0.2) is 16.7 Å². The third-order valence-corrected chi connectivity index (χ3v) is 6.83. The average Bonchev–Trinajstić information content (AvgIpc) is 3.55. The third kappa shape index (κ3) is 5.34. The Balaban J connectivity index is 1.30. The van der Waals surface area contributed by atoms with Gasteiger partial charge in [-0.15, -0.1) is 0 Å². The van der Waals surface area contributed by atoms with Gasteiger partial charge in [-0.2, -0.15) is 0 Å². The van der Waals surface area contributed by atoms with E-state index in [9.17, 15) is 13.2 Å². The van der Waals surface area contributed by atoms with Crippen molar-refractivity contribution in [3.8, 4) is 11.5 Å². The molecule has 3 N–H and O–H groups in total. The van der Waals surface area contributed by atoms with Crippen LogP contribution >= 0.6 is 12.2 Å². The number of amides is 1. The Kier molecular flexibility index (Phi) is 6.42. The fraction of sp³-hybridized carbons (Fsp3) is 0.0400. The predicted octanol–water partition coefficient (Wildman–Crippen LogP) is 4.72. The van der Waals surface area contributed by atoms with Crippen LogP contribution in [0.1, 0.15) is 16.1 Å². The molecule has 0 aliphatic rings. The minimum absolute atomic E-state index is 0.0161. The maximum atomic E-state index is 13.1. The molecule has 0 saturated carbocycles. The molecule has 5 aromatic rings. The number of nitrogens with zero attached hydrogens (tertiary/aromatic N) is 2. The van der Waals surface area contributed by atoms with Crippen LogP contribution in [-0.4, -0.2) is 29.6 Å². The van der Waals surface area contributed by atoms with Crippen molar-refractivity contribution in [1.82, 2.24) is 15.5 Å². The van der Waals surface area contributed by atoms with E-state index in [2.05, 4.69) is 25.5 Å². The van der Waals surface area contributed by atoms with Crippen molar-refractivity contribution < 1.29 is 22.2 Å². The van der Waals surface area contributed by atoms with Gasteiger partial charge >= 0.3 is 0 Å². The number of carbonyl (C=O) groups is 1. The van der Waals surface area contributed by atoms with Gasteiger partial charge in [-0.1, -0.05) is 23.4 Å². The number of para-hydroxylation sites is 1. The van der Waals surface area contributed by atoms with Gasteiger partial charge in [-0.05, 0) is 67.7 Å².